The van der Waals surface area contributed by atoms with Crippen molar-refractivity contribution in [2.45, 2.75) is 44.7 Å². The Labute approximate surface area is 127 Å². The summed E-state index contributed by atoms with van der Waals surface area (Å²) < 4.78 is 1.20. The quantitative estimate of drug-likeness (QED) is 0.845. The Morgan fingerprint density at radius 1 is 1.05 bits per heavy atom. The first-order chi connectivity index (χ1) is 9.73. The van der Waals surface area contributed by atoms with Gasteiger partial charge in [-0.3, -0.25) is 0 Å². The molecule has 0 aromatic heterocycles. The molecule has 0 amide bonds. The van der Waals surface area contributed by atoms with Crippen LogP contribution in [0.15, 0.2) is 24.3 Å². The predicted molar refractivity (Wildman–Crippen MR) is 82.6 cm³/mol. The van der Waals surface area contributed by atoms with Crippen LogP contribution in [-0.2, 0) is 6.54 Å². The molecule has 20 heavy (non-hydrogen) atoms. The van der Waals surface area contributed by atoms with E-state index in [1.54, 1.807) is 0 Å². The summed E-state index contributed by atoms with van der Waals surface area (Å²) in [4.78, 5) is 0. The average Bonchev–Trinajstić information content (AvgIpc) is 2.49. The molecular weight excluding hydrogens is 270 g/mol. The molecule has 2 aliphatic heterocycles. The summed E-state index contributed by atoms with van der Waals surface area (Å²) in [5, 5.41) is 10.5. The van der Waals surface area contributed by atoms with Crippen molar-refractivity contribution in [1.82, 2.24) is 0 Å². The number of halogens is 1. The van der Waals surface area contributed by atoms with E-state index in [2.05, 4.69) is 12.1 Å². The van der Waals surface area contributed by atoms with Crippen LogP contribution in [0.3, 0.4) is 0 Å². The lowest BCUT2D eigenvalue weighted by atomic mass is 9.81. The van der Waals surface area contributed by atoms with Gasteiger partial charge in [-0.25, -0.2) is 0 Å². The van der Waals surface area contributed by atoms with E-state index in [-0.39, 0.29) is 0 Å². The Kier molecular flexibility index (Phi) is 4.34. The highest BCUT2D eigenvalue weighted by Gasteiger charge is 2.45. The number of aliphatic hydroxyl groups is 1. The number of quaternary nitrogens is 1. The van der Waals surface area contributed by atoms with Crippen LogP contribution in [0.2, 0.25) is 5.02 Å². The van der Waals surface area contributed by atoms with Crippen molar-refractivity contribution in [3.05, 3.63) is 34.9 Å². The molecule has 2 aliphatic rings. The van der Waals surface area contributed by atoms with Gasteiger partial charge in [0.2, 0.25) is 0 Å². The van der Waals surface area contributed by atoms with E-state index < -0.39 is 0 Å². The zero-order valence-electron chi connectivity index (χ0n) is 12.1. The minimum absolute atomic E-state index is 0.366. The summed E-state index contributed by atoms with van der Waals surface area (Å²) in [6, 6.07) is 9.01. The predicted octanol–water partition coefficient (Wildman–Crippen LogP) is 3.61. The van der Waals surface area contributed by atoms with E-state index in [1.165, 1.54) is 55.2 Å². The Hall–Kier alpha value is -0.570. The van der Waals surface area contributed by atoms with Gasteiger partial charge in [-0.1, -0.05) is 23.7 Å². The number of nitrogens with zero attached hydrogens (tertiary/aromatic N) is 1. The molecule has 110 valence electrons. The molecule has 2 heterocycles. The highest BCUT2D eigenvalue weighted by Crippen LogP contribution is 2.39. The Bertz CT molecular complexity index is 443. The number of hydrogen-bond donors (Lipinski definition) is 1. The fraction of sp³-hybridized carbons (Fsp3) is 0.647. The van der Waals surface area contributed by atoms with E-state index in [0.717, 1.165) is 11.6 Å². The molecule has 0 saturated carbocycles. The van der Waals surface area contributed by atoms with E-state index in [9.17, 15) is 5.11 Å². The molecule has 1 aromatic carbocycles. The van der Waals surface area contributed by atoms with E-state index in [4.69, 9.17) is 11.6 Å². The minimum Gasteiger partial charge on any atom is -0.396 e. The van der Waals surface area contributed by atoms with Gasteiger partial charge in [0.25, 0.3) is 0 Å². The Balaban J connectivity index is 1.84. The number of piperidine rings is 2. The van der Waals surface area contributed by atoms with Crippen LogP contribution in [0.4, 0.5) is 0 Å². The topological polar surface area (TPSA) is 20.2 Å². The lowest BCUT2D eigenvalue weighted by molar-refractivity contribution is -0.976. The van der Waals surface area contributed by atoms with Crippen molar-refractivity contribution < 1.29 is 9.59 Å². The zero-order chi connectivity index (χ0) is 14.0. The third-order valence-electron chi connectivity index (χ3n) is 5.42. The van der Waals surface area contributed by atoms with Crippen molar-refractivity contribution in [2.75, 3.05) is 19.7 Å². The van der Waals surface area contributed by atoms with Gasteiger partial charge in [-0.05, 0) is 37.8 Å². The second kappa shape index (κ2) is 6.05. The maximum absolute atomic E-state index is 9.72. The molecule has 1 N–H and O–H groups in total. The SMILES string of the molecule is OC[C@@H]1CCC[N@@+]2(Cc3ccc(Cl)cc3)CCCC[C@H]12. The minimum atomic E-state index is 0.366. The maximum Gasteiger partial charge on any atom is 0.105 e. The molecular formula is C17H25ClNO+. The van der Waals surface area contributed by atoms with Gasteiger partial charge in [0, 0.05) is 22.9 Å². The maximum atomic E-state index is 9.72. The molecule has 0 spiro atoms. The molecule has 1 aromatic rings. The number of benzene rings is 1. The number of hydrogen-bond acceptors (Lipinski definition) is 1. The summed E-state index contributed by atoms with van der Waals surface area (Å²) in [6.45, 7) is 4.04. The number of rotatable bonds is 3. The van der Waals surface area contributed by atoms with Crippen molar-refractivity contribution in [3.8, 4) is 0 Å². The Morgan fingerprint density at radius 3 is 2.55 bits per heavy atom. The Morgan fingerprint density at radius 2 is 1.80 bits per heavy atom. The molecule has 3 rings (SSSR count). The van der Waals surface area contributed by atoms with E-state index >= 15 is 0 Å². The van der Waals surface area contributed by atoms with Crippen LogP contribution < -0.4 is 0 Å². The molecule has 0 bridgehead atoms. The van der Waals surface area contributed by atoms with Gasteiger partial charge in [-0.2, -0.15) is 0 Å². The second-order valence-electron chi connectivity index (χ2n) is 6.60. The van der Waals surface area contributed by atoms with Gasteiger partial charge < -0.3 is 9.59 Å². The average molecular weight is 295 g/mol. The molecule has 0 aliphatic carbocycles. The largest absolute Gasteiger partial charge is 0.396 e. The molecule has 2 fully saturated rings. The van der Waals surface area contributed by atoms with Gasteiger partial charge in [0.05, 0.1) is 25.7 Å². The summed E-state index contributed by atoms with van der Waals surface area (Å²) in [5.41, 5.74) is 1.39. The molecule has 0 unspecified atom stereocenters. The van der Waals surface area contributed by atoms with Crippen LogP contribution in [0, 0.1) is 5.92 Å². The lowest BCUT2D eigenvalue weighted by Crippen LogP contribution is -2.63. The molecule has 2 nitrogen and oxygen atoms in total. The first kappa shape index (κ1) is 14.4. The van der Waals surface area contributed by atoms with Crippen LogP contribution >= 0.6 is 11.6 Å². The third-order valence-corrected chi connectivity index (χ3v) is 5.68. The van der Waals surface area contributed by atoms with Crippen molar-refractivity contribution in [3.63, 3.8) is 0 Å². The van der Waals surface area contributed by atoms with Gasteiger partial charge in [-0.15, -0.1) is 0 Å². The van der Waals surface area contributed by atoms with Crippen LogP contribution in [-0.4, -0.2) is 35.3 Å². The number of aliphatic hydroxyl groups excluding tert-OH is 1. The molecule has 3 heteroatoms. The van der Waals surface area contributed by atoms with Gasteiger partial charge in [0.1, 0.15) is 6.54 Å². The fourth-order valence-electron chi connectivity index (χ4n) is 4.48. The van der Waals surface area contributed by atoms with Crippen molar-refractivity contribution in [1.29, 1.82) is 0 Å². The number of fused-ring (bicyclic) bond motifs is 1. The monoisotopic (exact) mass is 294 g/mol. The smallest absolute Gasteiger partial charge is 0.105 e. The first-order valence-electron chi connectivity index (χ1n) is 7.95. The summed E-state index contributed by atoms with van der Waals surface area (Å²) in [5.74, 6) is 0.511. The third kappa shape index (κ3) is 2.74. The van der Waals surface area contributed by atoms with Crippen molar-refractivity contribution in [2.24, 2.45) is 5.92 Å². The summed E-state index contributed by atoms with van der Waals surface area (Å²) >= 11 is 6.00. The van der Waals surface area contributed by atoms with E-state index in [1.807, 2.05) is 12.1 Å². The van der Waals surface area contributed by atoms with Crippen LogP contribution in [0.1, 0.15) is 37.7 Å². The van der Waals surface area contributed by atoms with Gasteiger partial charge >= 0.3 is 0 Å². The standard InChI is InChI=1S/C17H25ClNO/c18-16-8-6-14(7-9-16)12-19-10-2-1-5-17(19)15(13-20)4-3-11-19/h6-9,15,17,20H,1-5,10-13H2/q+1/t15-,17+,19+/m0/s1. The first-order valence-corrected chi connectivity index (χ1v) is 8.32. The molecule has 0 radical (unpaired) electrons. The van der Waals surface area contributed by atoms with Crippen LogP contribution in [0.25, 0.3) is 0 Å². The summed E-state index contributed by atoms with van der Waals surface area (Å²) in [6.07, 6.45) is 6.43. The highest BCUT2D eigenvalue weighted by atomic mass is 35.5. The lowest BCUT2D eigenvalue weighted by Gasteiger charge is -2.53. The van der Waals surface area contributed by atoms with E-state index in [0.29, 0.717) is 18.6 Å². The molecule has 3 atom stereocenters. The zero-order valence-corrected chi connectivity index (χ0v) is 12.9. The highest BCUT2D eigenvalue weighted by molar-refractivity contribution is 6.30. The van der Waals surface area contributed by atoms with Gasteiger partial charge in [0.15, 0.2) is 0 Å². The fourth-order valence-corrected chi connectivity index (χ4v) is 4.61. The second-order valence-corrected chi connectivity index (χ2v) is 7.03. The summed E-state index contributed by atoms with van der Waals surface area (Å²) in [7, 11) is 0. The normalized spacial score (nSPS) is 33.7. The van der Waals surface area contributed by atoms with Crippen molar-refractivity contribution >= 4 is 11.6 Å². The molecule has 2 saturated heterocycles. The van der Waals surface area contributed by atoms with Crippen LogP contribution in [0.5, 0.6) is 0 Å².